The molecule has 0 atom stereocenters. The second-order valence-electron chi connectivity index (χ2n) is 6.13. The lowest BCUT2D eigenvalue weighted by molar-refractivity contribution is 0.0951. The molecule has 22 heavy (non-hydrogen) atoms. The number of nitrogens with one attached hydrogen (secondary N) is 2. The second-order valence-corrected chi connectivity index (χ2v) is 6.13. The van der Waals surface area contributed by atoms with Gasteiger partial charge in [0.15, 0.2) is 11.6 Å². The van der Waals surface area contributed by atoms with E-state index in [0.29, 0.717) is 24.1 Å². The highest BCUT2D eigenvalue weighted by molar-refractivity contribution is 5.94. The van der Waals surface area contributed by atoms with E-state index in [1.807, 2.05) is 0 Å². The fourth-order valence-corrected chi connectivity index (χ4v) is 3.47. The van der Waals surface area contributed by atoms with Gasteiger partial charge in [-0.1, -0.05) is 19.3 Å². The number of fused-ring (bicyclic) bond motifs is 1. The van der Waals surface area contributed by atoms with Crippen LogP contribution in [-0.2, 0) is 6.42 Å². The molecule has 2 N–H and O–H groups in total. The fraction of sp³-hybridized carbons (Fsp3) is 0.600. The molecule has 0 bridgehead atoms. The lowest BCUT2D eigenvalue weighted by Crippen LogP contribution is -2.23. The van der Waals surface area contributed by atoms with Gasteiger partial charge in [-0.2, -0.15) is 0 Å². The van der Waals surface area contributed by atoms with Crippen LogP contribution in [0.2, 0.25) is 0 Å². The molecular weight excluding hydrogens is 280 g/mol. The fourth-order valence-electron chi connectivity index (χ4n) is 3.47. The molecule has 0 saturated heterocycles. The lowest BCUT2D eigenvalue weighted by atomic mass is 9.95. The van der Waals surface area contributed by atoms with Crippen molar-refractivity contribution in [3.05, 3.63) is 17.7 Å². The van der Waals surface area contributed by atoms with Crippen LogP contribution < -0.4 is 5.32 Å². The van der Waals surface area contributed by atoms with Gasteiger partial charge in [0.25, 0.3) is 5.91 Å². The summed E-state index contributed by atoms with van der Waals surface area (Å²) in [5, 5.41) is 11.2. The lowest BCUT2D eigenvalue weighted by Gasteiger charge is -2.23. The number of H-pyrrole nitrogens is 1. The SMILES string of the molecule is O=C1NCCCc2[nH]c(-c3nncn3C3CCCCC3)nc21. The third kappa shape index (κ3) is 2.30. The van der Waals surface area contributed by atoms with Crippen LogP contribution in [0, 0.1) is 0 Å². The summed E-state index contributed by atoms with van der Waals surface area (Å²) in [6, 6.07) is 0.442. The molecule has 1 amide bonds. The summed E-state index contributed by atoms with van der Waals surface area (Å²) < 4.78 is 2.12. The average molecular weight is 300 g/mol. The van der Waals surface area contributed by atoms with Gasteiger partial charge in [0.1, 0.15) is 12.0 Å². The minimum absolute atomic E-state index is 0.0984. The maximum absolute atomic E-state index is 12.0. The number of hydrogen-bond acceptors (Lipinski definition) is 4. The molecule has 0 unspecified atom stereocenters. The van der Waals surface area contributed by atoms with Gasteiger partial charge in [0.2, 0.25) is 0 Å². The van der Waals surface area contributed by atoms with E-state index >= 15 is 0 Å². The smallest absolute Gasteiger partial charge is 0.271 e. The molecular formula is C15H20N6O. The molecule has 1 aliphatic heterocycles. The summed E-state index contributed by atoms with van der Waals surface area (Å²) in [7, 11) is 0. The van der Waals surface area contributed by atoms with Crippen LogP contribution in [0.25, 0.3) is 11.6 Å². The van der Waals surface area contributed by atoms with E-state index in [2.05, 4.69) is 30.0 Å². The molecule has 1 saturated carbocycles. The van der Waals surface area contributed by atoms with Crippen molar-refractivity contribution in [2.45, 2.75) is 51.0 Å². The van der Waals surface area contributed by atoms with Gasteiger partial charge in [-0.25, -0.2) is 4.98 Å². The van der Waals surface area contributed by atoms with Crippen LogP contribution in [0.5, 0.6) is 0 Å². The van der Waals surface area contributed by atoms with Crippen molar-refractivity contribution in [1.82, 2.24) is 30.0 Å². The highest BCUT2D eigenvalue weighted by Crippen LogP contribution is 2.31. The summed E-state index contributed by atoms with van der Waals surface area (Å²) in [5.74, 6) is 1.30. The van der Waals surface area contributed by atoms with Gasteiger partial charge in [0.05, 0.1) is 0 Å². The Bertz CT molecular complexity index is 682. The molecule has 7 nitrogen and oxygen atoms in total. The van der Waals surface area contributed by atoms with Crippen LogP contribution in [0.15, 0.2) is 6.33 Å². The molecule has 4 rings (SSSR count). The Hall–Kier alpha value is -2.18. The molecule has 1 aliphatic carbocycles. The monoisotopic (exact) mass is 300 g/mol. The summed E-state index contributed by atoms with van der Waals surface area (Å²) in [5.41, 5.74) is 1.41. The van der Waals surface area contributed by atoms with E-state index < -0.39 is 0 Å². The topological polar surface area (TPSA) is 88.5 Å². The largest absolute Gasteiger partial charge is 0.351 e. The van der Waals surface area contributed by atoms with E-state index in [-0.39, 0.29) is 5.91 Å². The number of imidazole rings is 1. The van der Waals surface area contributed by atoms with Crippen molar-refractivity contribution in [3.63, 3.8) is 0 Å². The van der Waals surface area contributed by atoms with Gasteiger partial charge in [-0.15, -0.1) is 10.2 Å². The van der Waals surface area contributed by atoms with Crippen LogP contribution in [0.4, 0.5) is 0 Å². The van der Waals surface area contributed by atoms with Crippen LogP contribution in [0.1, 0.15) is 60.7 Å². The summed E-state index contributed by atoms with van der Waals surface area (Å²) in [6.07, 6.45) is 9.67. The van der Waals surface area contributed by atoms with Crippen molar-refractivity contribution >= 4 is 5.91 Å². The van der Waals surface area contributed by atoms with Gasteiger partial charge >= 0.3 is 0 Å². The van der Waals surface area contributed by atoms with Gasteiger partial charge in [-0.05, 0) is 25.7 Å². The maximum atomic E-state index is 12.0. The van der Waals surface area contributed by atoms with E-state index in [4.69, 9.17) is 0 Å². The van der Waals surface area contributed by atoms with Crippen LogP contribution >= 0.6 is 0 Å². The van der Waals surface area contributed by atoms with Crippen molar-refractivity contribution < 1.29 is 4.79 Å². The van der Waals surface area contributed by atoms with Crippen molar-refractivity contribution in [1.29, 1.82) is 0 Å². The van der Waals surface area contributed by atoms with Gasteiger partial charge < -0.3 is 14.9 Å². The number of amides is 1. The first-order valence-corrected chi connectivity index (χ1v) is 8.10. The number of hydrogen-bond donors (Lipinski definition) is 2. The summed E-state index contributed by atoms with van der Waals surface area (Å²) in [4.78, 5) is 19.8. The Balaban J connectivity index is 1.70. The van der Waals surface area contributed by atoms with Crippen molar-refractivity contribution in [2.75, 3.05) is 6.54 Å². The van der Waals surface area contributed by atoms with Crippen LogP contribution in [-0.4, -0.2) is 37.2 Å². The average Bonchev–Trinajstić information content (AvgIpc) is 3.15. The number of carbonyl (C=O) groups is 1. The maximum Gasteiger partial charge on any atom is 0.271 e. The summed E-state index contributed by atoms with van der Waals surface area (Å²) >= 11 is 0. The number of aromatic nitrogens is 5. The van der Waals surface area contributed by atoms with Crippen LogP contribution in [0.3, 0.4) is 0 Å². The van der Waals surface area contributed by atoms with E-state index in [1.165, 1.54) is 19.3 Å². The molecule has 0 spiro atoms. The molecule has 1 fully saturated rings. The predicted octanol–water partition coefficient (Wildman–Crippen LogP) is 1.85. The van der Waals surface area contributed by atoms with Crippen molar-refractivity contribution in [3.8, 4) is 11.6 Å². The Kier molecular flexibility index (Phi) is 3.40. The molecule has 2 aromatic rings. The van der Waals surface area contributed by atoms with E-state index in [0.717, 1.165) is 37.2 Å². The molecule has 116 valence electrons. The Labute approximate surface area is 128 Å². The van der Waals surface area contributed by atoms with E-state index in [1.54, 1.807) is 6.33 Å². The Morgan fingerprint density at radius 3 is 2.91 bits per heavy atom. The third-order valence-corrected chi connectivity index (χ3v) is 4.64. The van der Waals surface area contributed by atoms with Crippen molar-refractivity contribution in [2.24, 2.45) is 0 Å². The predicted molar refractivity (Wildman–Crippen MR) is 80.4 cm³/mol. The molecule has 2 aliphatic rings. The standard InChI is InChI=1S/C15H20N6O/c22-15-12-11(7-4-8-16-15)18-13(19-12)14-20-17-9-21(14)10-5-2-1-3-6-10/h9-10H,1-8H2,(H,16,22)(H,18,19). The number of aromatic amines is 1. The summed E-state index contributed by atoms with van der Waals surface area (Å²) in [6.45, 7) is 0.705. The minimum atomic E-state index is -0.0984. The molecule has 0 aromatic carbocycles. The number of carbonyl (C=O) groups excluding carboxylic acids is 1. The normalized spacial score (nSPS) is 19.5. The Morgan fingerprint density at radius 2 is 2.05 bits per heavy atom. The van der Waals surface area contributed by atoms with Gasteiger partial charge in [0, 0.05) is 18.3 Å². The first-order chi connectivity index (χ1) is 10.8. The Morgan fingerprint density at radius 1 is 1.18 bits per heavy atom. The minimum Gasteiger partial charge on any atom is -0.351 e. The first kappa shape index (κ1) is 13.5. The molecule has 0 radical (unpaired) electrons. The zero-order valence-electron chi connectivity index (χ0n) is 12.5. The second kappa shape index (κ2) is 5.55. The highest BCUT2D eigenvalue weighted by Gasteiger charge is 2.25. The van der Waals surface area contributed by atoms with Gasteiger partial charge in [-0.3, -0.25) is 4.79 Å². The zero-order chi connectivity index (χ0) is 14.9. The molecule has 2 aromatic heterocycles. The number of aryl methyl sites for hydroxylation is 1. The third-order valence-electron chi connectivity index (χ3n) is 4.64. The molecule has 3 heterocycles. The first-order valence-electron chi connectivity index (χ1n) is 8.10. The number of nitrogens with zero attached hydrogens (tertiary/aromatic N) is 4. The zero-order valence-corrected chi connectivity index (χ0v) is 12.5. The number of rotatable bonds is 2. The quantitative estimate of drug-likeness (QED) is 0.886. The highest BCUT2D eigenvalue weighted by atomic mass is 16.1. The van der Waals surface area contributed by atoms with E-state index in [9.17, 15) is 4.79 Å². The molecule has 7 heteroatoms.